The molecule has 0 radical (unpaired) electrons. The Labute approximate surface area is 121 Å². The molecule has 5 heteroatoms. The smallest absolute Gasteiger partial charge is 0.135 e. The molecule has 1 aliphatic rings. The Morgan fingerprint density at radius 1 is 1.25 bits per heavy atom. The first-order valence-corrected chi connectivity index (χ1v) is 7.66. The summed E-state index contributed by atoms with van der Waals surface area (Å²) >= 11 is 0. The second-order valence-corrected chi connectivity index (χ2v) is 5.54. The van der Waals surface area contributed by atoms with Gasteiger partial charge >= 0.3 is 0 Å². The number of rotatable bonds is 6. The summed E-state index contributed by atoms with van der Waals surface area (Å²) in [5, 5.41) is 6.76. The molecule has 1 saturated heterocycles. The zero-order valence-electron chi connectivity index (χ0n) is 12.8. The maximum Gasteiger partial charge on any atom is 0.135 e. The van der Waals surface area contributed by atoms with Gasteiger partial charge in [-0.1, -0.05) is 13.8 Å². The molecule has 0 bridgehead atoms. The van der Waals surface area contributed by atoms with E-state index in [2.05, 4.69) is 41.4 Å². The topological polar surface area (TPSA) is 59.1 Å². The van der Waals surface area contributed by atoms with Crippen molar-refractivity contribution in [2.45, 2.75) is 52.1 Å². The number of hydrogen-bond donors (Lipinski definition) is 2. The van der Waals surface area contributed by atoms with Gasteiger partial charge in [-0.05, 0) is 32.1 Å². The third-order valence-corrected chi connectivity index (χ3v) is 3.58. The average Bonchev–Trinajstić information content (AvgIpc) is 2.46. The Morgan fingerprint density at radius 2 is 2.00 bits per heavy atom. The van der Waals surface area contributed by atoms with Crippen LogP contribution in [0.2, 0.25) is 0 Å². The Bertz CT molecular complexity index is 416. The number of ether oxygens (including phenoxy) is 1. The van der Waals surface area contributed by atoms with E-state index in [1.165, 1.54) is 12.8 Å². The first kappa shape index (κ1) is 15.0. The van der Waals surface area contributed by atoms with Crippen LogP contribution in [0.3, 0.4) is 0 Å². The first-order valence-electron chi connectivity index (χ1n) is 7.66. The summed E-state index contributed by atoms with van der Waals surface area (Å²) in [5.41, 5.74) is 1.16. The van der Waals surface area contributed by atoms with E-state index in [9.17, 15) is 0 Å². The van der Waals surface area contributed by atoms with Gasteiger partial charge in [0.2, 0.25) is 0 Å². The summed E-state index contributed by atoms with van der Waals surface area (Å²) in [4.78, 5) is 8.76. The lowest BCUT2D eigenvalue weighted by molar-refractivity contribution is 0.0247. The van der Waals surface area contributed by atoms with Gasteiger partial charge in [0.25, 0.3) is 0 Å². The number of nitrogens with zero attached hydrogens (tertiary/aromatic N) is 2. The van der Waals surface area contributed by atoms with Crippen LogP contribution in [-0.4, -0.2) is 35.8 Å². The lowest BCUT2D eigenvalue weighted by Crippen LogP contribution is -2.27. The summed E-state index contributed by atoms with van der Waals surface area (Å²) in [6.07, 6.45) is 5.51. The molecule has 1 atom stereocenters. The van der Waals surface area contributed by atoms with Crippen LogP contribution in [-0.2, 0) is 4.74 Å². The molecule has 0 spiro atoms. The van der Waals surface area contributed by atoms with Crippen LogP contribution in [0.5, 0.6) is 0 Å². The highest BCUT2D eigenvalue weighted by atomic mass is 16.5. The molecule has 2 N–H and O–H groups in total. The van der Waals surface area contributed by atoms with Crippen LogP contribution < -0.4 is 10.6 Å². The molecule has 112 valence electrons. The number of aromatic nitrogens is 2. The van der Waals surface area contributed by atoms with Gasteiger partial charge < -0.3 is 15.4 Å². The molecular weight excluding hydrogens is 252 g/mol. The van der Waals surface area contributed by atoms with Crippen molar-refractivity contribution in [1.82, 2.24) is 9.97 Å². The maximum absolute atomic E-state index is 5.76. The van der Waals surface area contributed by atoms with Crippen molar-refractivity contribution in [2.24, 2.45) is 0 Å². The van der Waals surface area contributed by atoms with Crippen LogP contribution in [0.4, 0.5) is 11.6 Å². The average molecular weight is 278 g/mol. The number of hydrogen-bond acceptors (Lipinski definition) is 5. The lowest BCUT2D eigenvalue weighted by Gasteiger charge is -2.24. The zero-order chi connectivity index (χ0) is 14.4. The molecule has 0 saturated carbocycles. The van der Waals surface area contributed by atoms with Crippen LogP contribution in [0.1, 0.15) is 51.5 Å². The van der Waals surface area contributed by atoms with Gasteiger partial charge in [0.05, 0.1) is 6.10 Å². The van der Waals surface area contributed by atoms with Crippen molar-refractivity contribution >= 4 is 11.6 Å². The van der Waals surface area contributed by atoms with Crippen LogP contribution in [0.25, 0.3) is 0 Å². The molecule has 1 fully saturated rings. The van der Waals surface area contributed by atoms with Gasteiger partial charge in [0.1, 0.15) is 18.0 Å². The molecule has 1 aliphatic heterocycles. The van der Waals surface area contributed by atoms with Crippen molar-refractivity contribution in [3.8, 4) is 0 Å². The fourth-order valence-electron chi connectivity index (χ4n) is 2.57. The van der Waals surface area contributed by atoms with Crippen molar-refractivity contribution in [3.63, 3.8) is 0 Å². The van der Waals surface area contributed by atoms with Crippen molar-refractivity contribution in [3.05, 3.63) is 11.9 Å². The zero-order valence-corrected chi connectivity index (χ0v) is 12.8. The molecule has 0 amide bonds. The SMILES string of the molecule is CCNc1ncnc(NCC2CCCCO2)c1C(C)C. The lowest BCUT2D eigenvalue weighted by atomic mass is 10.0. The molecule has 0 aromatic carbocycles. The highest BCUT2D eigenvalue weighted by Crippen LogP contribution is 2.28. The predicted octanol–water partition coefficient (Wildman–Crippen LogP) is 3.01. The van der Waals surface area contributed by atoms with Gasteiger partial charge in [0, 0.05) is 25.3 Å². The second-order valence-electron chi connectivity index (χ2n) is 5.54. The standard InChI is InChI=1S/C15H26N4O/c1-4-16-14-13(11(2)3)15(19-10-18-14)17-9-12-7-5-6-8-20-12/h10-12H,4-9H2,1-3H3,(H2,16,17,18,19). The van der Waals surface area contributed by atoms with Gasteiger partial charge in [-0.25, -0.2) is 9.97 Å². The summed E-state index contributed by atoms with van der Waals surface area (Å²) in [5.74, 6) is 2.24. The van der Waals surface area contributed by atoms with Crippen LogP contribution in [0, 0.1) is 0 Å². The predicted molar refractivity (Wildman–Crippen MR) is 82.4 cm³/mol. The Balaban J connectivity index is 2.07. The van der Waals surface area contributed by atoms with Crippen molar-refractivity contribution < 1.29 is 4.74 Å². The van der Waals surface area contributed by atoms with Crippen LogP contribution in [0.15, 0.2) is 6.33 Å². The molecule has 20 heavy (non-hydrogen) atoms. The fourth-order valence-corrected chi connectivity index (χ4v) is 2.57. The molecule has 0 aliphatic carbocycles. The fraction of sp³-hybridized carbons (Fsp3) is 0.733. The first-order chi connectivity index (χ1) is 9.72. The highest BCUT2D eigenvalue weighted by Gasteiger charge is 2.17. The number of nitrogens with one attached hydrogen (secondary N) is 2. The minimum Gasteiger partial charge on any atom is -0.376 e. The van der Waals surface area contributed by atoms with E-state index in [-0.39, 0.29) is 0 Å². The van der Waals surface area contributed by atoms with Crippen molar-refractivity contribution in [1.29, 1.82) is 0 Å². The minimum absolute atomic E-state index is 0.307. The third kappa shape index (κ3) is 3.82. The van der Waals surface area contributed by atoms with E-state index in [1.807, 2.05) is 0 Å². The Hall–Kier alpha value is -1.36. The molecule has 2 heterocycles. The summed E-state index contributed by atoms with van der Waals surface area (Å²) in [6.45, 7) is 8.98. The second kappa shape index (κ2) is 7.43. The van der Waals surface area contributed by atoms with E-state index in [4.69, 9.17) is 4.74 Å². The van der Waals surface area contributed by atoms with E-state index >= 15 is 0 Å². The Kier molecular flexibility index (Phi) is 5.59. The van der Waals surface area contributed by atoms with E-state index in [1.54, 1.807) is 6.33 Å². The molecule has 1 aromatic heterocycles. The minimum atomic E-state index is 0.307. The van der Waals surface area contributed by atoms with Gasteiger partial charge in [-0.2, -0.15) is 0 Å². The normalized spacial score (nSPS) is 19.1. The highest BCUT2D eigenvalue weighted by molar-refractivity contribution is 5.59. The molecule has 5 nitrogen and oxygen atoms in total. The Morgan fingerprint density at radius 3 is 2.60 bits per heavy atom. The van der Waals surface area contributed by atoms with Crippen molar-refractivity contribution in [2.75, 3.05) is 30.3 Å². The molecule has 1 unspecified atom stereocenters. The number of anilines is 2. The third-order valence-electron chi connectivity index (χ3n) is 3.58. The van der Waals surface area contributed by atoms with Crippen LogP contribution >= 0.6 is 0 Å². The van der Waals surface area contributed by atoms with E-state index < -0.39 is 0 Å². The van der Waals surface area contributed by atoms with E-state index in [0.717, 1.165) is 43.3 Å². The van der Waals surface area contributed by atoms with Gasteiger partial charge in [-0.3, -0.25) is 0 Å². The quantitative estimate of drug-likeness (QED) is 0.837. The summed E-state index contributed by atoms with van der Waals surface area (Å²) in [6, 6.07) is 0. The maximum atomic E-state index is 5.76. The van der Waals surface area contributed by atoms with E-state index in [0.29, 0.717) is 12.0 Å². The summed E-state index contributed by atoms with van der Waals surface area (Å²) < 4.78 is 5.76. The molecular formula is C15H26N4O. The van der Waals surface area contributed by atoms with Gasteiger partial charge in [0.15, 0.2) is 0 Å². The van der Waals surface area contributed by atoms with Gasteiger partial charge in [-0.15, -0.1) is 0 Å². The summed E-state index contributed by atoms with van der Waals surface area (Å²) in [7, 11) is 0. The molecule has 2 rings (SSSR count). The monoisotopic (exact) mass is 278 g/mol. The largest absolute Gasteiger partial charge is 0.376 e. The molecule has 1 aromatic rings.